The Morgan fingerprint density at radius 1 is 1.35 bits per heavy atom. The molecule has 2 atom stereocenters. The second-order valence-corrected chi connectivity index (χ2v) is 6.85. The predicted octanol–water partition coefficient (Wildman–Crippen LogP) is 1.01. The lowest BCUT2D eigenvalue weighted by Gasteiger charge is -2.37. The maximum absolute atomic E-state index is 13.1. The van der Waals surface area contributed by atoms with Gasteiger partial charge in [-0.25, -0.2) is 4.39 Å². The van der Waals surface area contributed by atoms with Gasteiger partial charge in [-0.15, -0.1) is 0 Å². The van der Waals surface area contributed by atoms with E-state index in [1.807, 2.05) is 18.7 Å². The molecule has 0 aliphatic carbocycles. The van der Waals surface area contributed by atoms with Gasteiger partial charge in [-0.1, -0.05) is 12.1 Å². The van der Waals surface area contributed by atoms with Crippen molar-refractivity contribution in [3.63, 3.8) is 0 Å². The summed E-state index contributed by atoms with van der Waals surface area (Å²) in [6, 6.07) is 6.29. The summed E-state index contributed by atoms with van der Waals surface area (Å²) in [6.07, 6.45) is 0. The minimum absolute atomic E-state index is 0.0475. The summed E-state index contributed by atoms with van der Waals surface area (Å²) in [4.78, 5) is 29.5. The van der Waals surface area contributed by atoms with Crippen LogP contribution in [-0.2, 0) is 20.9 Å². The third-order valence-corrected chi connectivity index (χ3v) is 5.29. The number of likely N-dealkylation sites (tertiary alicyclic amines) is 1. The van der Waals surface area contributed by atoms with E-state index >= 15 is 0 Å². The Labute approximate surface area is 153 Å². The first-order valence-corrected chi connectivity index (χ1v) is 9.18. The molecule has 2 aliphatic heterocycles. The van der Waals surface area contributed by atoms with Gasteiger partial charge in [0.2, 0.25) is 5.91 Å². The molecule has 0 unspecified atom stereocenters. The smallest absolute Gasteiger partial charge is 0.254 e. The van der Waals surface area contributed by atoms with E-state index in [9.17, 15) is 14.0 Å². The quantitative estimate of drug-likeness (QED) is 0.848. The van der Waals surface area contributed by atoms with Gasteiger partial charge < -0.3 is 15.0 Å². The number of benzene rings is 1. The van der Waals surface area contributed by atoms with Crippen molar-refractivity contribution in [2.75, 3.05) is 39.3 Å². The van der Waals surface area contributed by atoms with E-state index in [4.69, 9.17) is 4.74 Å². The molecule has 1 spiro atoms. The van der Waals surface area contributed by atoms with Gasteiger partial charge in [-0.3, -0.25) is 14.5 Å². The second-order valence-electron chi connectivity index (χ2n) is 6.85. The SMILES string of the molecule is CCN(CC)C(=O)[C@H]1CN(Cc2ccc(F)cc2)C[C@@]12OCCNC2=O. The Balaban J connectivity index is 1.84. The van der Waals surface area contributed by atoms with Crippen LogP contribution in [0.2, 0.25) is 0 Å². The summed E-state index contributed by atoms with van der Waals surface area (Å²) in [5.74, 6) is -1.08. The maximum atomic E-state index is 13.1. The van der Waals surface area contributed by atoms with Gasteiger partial charge in [-0.2, -0.15) is 0 Å². The number of nitrogens with zero attached hydrogens (tertiary/aromatic N) is 2. The number of rotatable bonds is 5. The van der Waals surface area contributed by atoms with E-state index < -0.39 is 11.5 Å². The van der Waals surface area contributed by atoms with Crippen LogP contribution in [-0.4, -0.2) is 66.5 Å². The number of hydrogen-bond donors (Lipinski definition) is 1. The fourth-order valence-electron chi connectivity index (χ4n) is 3.90. The Hall–Kier alpha value is -1.99. The fraction of sp³-hybridized carbons (Fsp3) is 0.579. The third-order valence-electron chi connectivity index (χ3n) is 5.29. The second kappa shape index (κ2) is 7.72. The molecule has 2 heterocycles. The minimum Gasteiger partial charge on any atom is -0.361 e. The molecule has 7 heteroatoms. The highest BCUT2D eigenvalue weighted by atomic mass is 19.1. The zero-order valence-corrected chi connectivity index (χ0v) is 15.3. The van der Waals surface area contributed by atoms with E-state index in [-0.39, 0.29) is 17.6 Å². The van der Waals surface area contributed by atoms with Crippen LogP contribution < -0.4 is 5.32 Å². The van der Waals surface area contributed by atoms with Crippen molar-refractivity contribution in [3.05, 3.63) is 35.6 Å². The molecule has 1 aromatic rings. The highest BCUT2D eigenvalue weighted by Gasteiger charge is 2.58. The number of hydrogen-bond acceptors (Lipinski definition) is 4. The lowest BCUT2D eigenvalue weighted by molar-refractivity contribution is -0.166. The van der Waals surface area contributed by atoms with Gasteiger partial charge in [0, 0.05) is 39.3 Å². The van der Waals surface area contributed by atoms with Crippen molar-refractivity contribution in [1.29, 1.82) is 0 Å². The molecule has 2 amide bonds. The molecule has 1 aromatic carbocycles. The maximum Gasteiger partial charge on any atom is 0.254 e. The molecule has 0 radical (unpaired) electrons. The van der Waals surface area contributed by atoms with Crippen LogP contribution in [0.4, 0.5) is 4.39 Å². The van der Waals surface area contributed by atoms with Crippen molar-refractivity contribution in [2.24, 2.45) is 5.92 Å². The number of carbonyl (C=O) groups is 2. The fourth-order valence-corrected chi connectivity index (χ4v) is 3.90. The molecule has 0 aromatic heterocycles. The highest BCUT2D eigenvalue weighted by molar-refractivity contribution is 5.94. The van der Waals surface area contributed by atoms with Crippen LogP contribution >= 0.6 is 0 Å². The summed E-state index contributed by atoms with van der Waals surface area (Å²) in [5.41, 5.74) is -0.202. The summed E-state index contributed by atoms with van der Waals surface area (Å²) >= 11 is 0. The number of amides is 2. The van der Waals surface area contributed by atoms with Gasteiger partial charge in [-0.05, 0) is 31.5 Å². The van der Waals surface area contributed by atoms with Crippen LogP contribution in [0, 0.1) is 11.7 Å². The first-order chi connectivity index (χ1) is 12.5. The van der Waals surface area contributed by atoms with Crippen molar-refractivity contribution in [2.45, 2.75) is 26.0 Å². The number of carbonyl (C=O) groups excluding carboxylic acids is 2. The molecule has 142 valence electrons. The predicted molar refractivity (Wildman–Crippen MR) is 94.8 cm³/mol. The number of nitrogens with one attached hydrogen (secondary N) is 1. The lowest BCUT2D eigenvalue weighted by atomic mass is 9.87. The van der Waals surface area contributed by atoms with E-state index in [2.05, 4.69) is 5.32 Å². The van der Waals surface area contributed by atoms with E-state index in [0.29, 0.717) is 45.9 Å². The Bertz CT molecular complexity index is 662. The van der Waals surface area contributed by atoms with Gasteiger partial charge in [0.15, 0.2) is 5.60 Å². The Kier molecular flexibility index (Phi) is 5.58. The van der Waals surface area contributed by atoms with Crippen molar-refractivity contribution < 1.29 is 18.7 Å². The molecule has 2 fully saturated rings. The van der Waals surface area contributed by atoms with Crippen molar-refractivity contribution >= 4 is 11.8 Å². The standard InChI is InChI=1S/C19H26FN3O3/c1-3-23(4-2)17(24)16-12-22(11-14-5-7-15(20)8-6-14)13-19(16)18(25)21-9-10-26-19/h5-8,16H,3-4,9-13H2,1-2H3,(H,21,25)/t16-,19-/m1/s1. The molecule has 1 N–H and O–H groups in total. The Morgan fingerprint density at radius 3 is 2.65 bits per heavy atom. The third kappa shape index (κ3) is 3.46. The molecule has 2 aliphatic rings. The first-order valence-electron chi connectivity index (χ1n) is 9.18. The van der Waals surface area contributed by atoms with E-state index in [0.717, 1.165) is 5.56 Å². The number of halogens is 1. The van der Waals surface area contributed by atoms with Gasteiger partial charge in [0.25, 0.3) is 5.91 Å². The van der Waals surface area contributed by atoms with Crippen LogP contribution in [0.1, 0.15) is 19.4 Å². The number of ether oxygens (including phenoxy) is 1. The summed E-state index contributed by atoms with van der Waals surface area (Å²) in [6.45, 7) is 7.27. The minimum atomic E-state index is -1.14. The van der Waals surface area contributed by atoms with Gasteiger partial charge in [0.1, 0.15) is 5.82 Å². The monoisotopic (exact) mass is 363 g/mol. The molecule has 26 heavy (non-hydrogen) atoms. The van der Waals surface area contributed by atoms with Crippen molar-refractivity contribution in [1.82, 2.24) is 15.1 Å². The van der Waals surface area contributed by atoms with Crippen LogP contribution in [0.3, 0.4) is 0 Å². The van der Waals surface area contributed by atoms with Gasteiger partial charge >= 0.3 is 0 Å². The molecule has 0 bridgehead atoms. The Morgan fingerprint density at radius 2 is 2.04 bits per heavy atom. The number of morpholine rings is 1. The van der Waals surface area contributed by atoms with E-state index in [1.165, 1.54) is 12.1 Å². The summed E-state index contributed by atoms with van der Waals surface area (Å²) in [7, 11) is 0. The first kappa shape index (κ1) is 18.8. The largest absolute Gasteiger partial charge is 0.361 e. The molecule has 2 saturated heterocycles. The van der Waals surface area contributed by atoms with E-state index in [1.54, 1.807) is 17.0 Å². The van der Waals surface area contributed by atoms with Gasteiger partial charge in [0.05, 0.1) is 12.5 Å². The zero-order chi connectivity index (χ0) is 18.7. The molecule has 0 saturated carbocycles. The normalized spacial score (nSPS) is 26.1. The summed E-state index contributed by atoms with van der Waals surface area (Å²) < 4.78 is 19.1. The molecule has 3 rings (SSSR count). The lowest BCUT2D eigenvalue weighted by Crippen LogP contribution is -2.62. The summed E-state index contributed by atoms with van der Waals surface area (Å²) in [5, 5.41) is 2.86. The molecular weight excluding hydrogens is 337 g/mol. The van der Waals surface area contributed by atoms with Crippen LogP contribution in [0.25, 0.3) is 0 Å². The van der Waals surface area contributed by atoms with Crippen LogP contribution in [0.15, 0.2) is 24.3 Å². The topological polar surface area (TPSA) is 61.9 Å². The molecule has 6 nitrogen and oxygen atoms in total. The van der Waals surface area contributed by atoms with Crippen LogP contribution in [0.5, 0.6) is 0 Å². The average Bonchev–Trinajstić information content (AvgIpc) is 2.99. The average molecular weight is 363 g/mol. The molecular formula is C19H26FN3O3. The highest BCUT2D eigenvalue weighted by Crippen LogP contribution is 2.35. The zero-order valence-electron chi connectivity index (χ0n) is 15.3. The van der Waals surface area contributed by atoms with Crippen molar-refractivity contribution in [3.8, 4) is 0 Å².